The van der Waals surface area contributed by atoms with Gasteiger partial charge in [0.2, 0.25) is 0 Å². The molecule has 0 radical (unpaired) electrons. The normalized spacial score (nSPS) is 13.0. The lowest BCUT2D eigenvalue weighted by Crippen LogP contribution is -2.44. The van der Waals surface area contributed by atoms with Crippen molar-refractivity contribution in [2.45, 2.75) is 65.0 Å². The highest BCUT2D eigenvalue weighted by Gasteiger charge is 2.31. The van der Waals surface area contributed by atoms with Crippen molar-refractivity contribution in [3.63, 3.8) is 0 Å². The van der Waals surface area contributed by atoms with Gasteiger partial charge in [0.15, 0.2) is 0 Å². The SMILES string of the molecule is CC(C)(C)B(O)O.CC(C)(O)C(C)(C)O. The van der Waals surface area contributed by atoms with E-state index in [1.807, 2.05) is 0 Å². The minimum Gasteiger partial charge on any atom is -0.427 e. The van der Waals surface area contributed by atoms with E-state index in [2.05, 4.69) is 0 Å². The Morgan fingerprint density at radius 1 is 0.667 bits per heavy atom. The van der Waals surface area contributed by atoms with E-state index in [0.29, 0.717) is 0 Å². The van der Waals surface area contributed by atoms with E-state index in [-0.39, 0.29) is 5.31 Å². The molecule has 0 rings (SSSR count). The fraction of sp³-hybridized carbons (Fsp3) is 1.00. The Bertz CT molecular complexity index is 159. The Hall–Kier alpha value is -0.0951. The molecule has 0 aromatic heterocycles. The number of rotatable bonds is 1. The van der Waals surface area contributed by atoms with Crippen molar-refractivity contribution in [2.75, 3.05) is 0 Å². The molecular formula is C10H25BO4. The monoisotopic (exact) mass is 220 g/mol. The summed E-state index contributed by atoms with van der Waals surface area (Å²) in [4.78, 5) is 0. The first-order valence-electron chi connectivity index (χ1n) is 5.00. The van der Waals surface area contributed by atoms with Crippen LogP contribution in [-0.4, -0.2) is 38.6 Å². The fourth-order valence-electron chi connectivity index (χ4n) is 0. The maximum absolute atomic E-state index is 9.10. The first kappa shape index (κ1) is 17.3. The van der Waals surface area contributed by atoms with E-state index in [1.165, 1.54) is 0 Å². The van der Waals surface area contributed by atoms with Crippen LogP contribution < -0.4 is 0 Å². The maximum Gasteiger partial charge on any atom is 0.457 e. The maximum atomic E-state index is 9.10. The summed E-state index contributed by atoms with van der Waals surface area (Å²) in [6, 6.07) is 0. The molecule has 0 aromatic rings. The lowest BCUT2D eigenvalue weighted by atomic mass is 9.62. The molecule has 0 spiro atoms. The van der Waals surface area contributed by atoms with Gasteiger partial charge in [0.05, 0.1) is 11.2 Å². The van der Waals surface area contributed by atoms with Crippen molar-refractivity contribution in [1.82, 2.24) is 0 Å². The first-order valence-corrected chi connectivity index (χ1v) is 5.00. The Morgan fingerprint density at radius 2 is 0.800 bits per heavy atom. The average molecular weight is 220 g/mol. The molecule has 0 aromatic carbocycles. The van der Waals surface area contributed by atoms with Crippen LogP contribution in [0.2, 0.25) is 5.31 Å². The second kappa shape index (κ2) is 5.30. The summed E-state index contributed by atoms with van der Waals surface area (Å²) in [5.41, 5.74) is -2.01. The summed E-state index contributed by atoms with van der Waals surface area (Å²) < 4.78 is 0. The average Bonchev–Trinajstić information content (AvgIpc) is 1.80. The van der Waals surface area contributed by atoms with Crippen LogP contribution in [0.5, 0.6) is 0 Å². The molecule has 0 saturated heterocycles. The van der Waals surface area contributed by atoms with E-state index in [0.717, 1.165) is 0 Å². The minimum atomic E-state index is -1.20. The molecule has 92 valence electrons. The predicted molar refractivity (Wildman–Crippen MR) is 62.5 cm³/mol. The van der Waals surface area contributed by atoms with Crippen molar-refractivity contribution in [3.05, 3.63) is 0 Å². The van der Waals surface area contributed by atoms with E-state index in [4.69, 9.17) is 20.3 Å². The minimum absolute atomic E-state index is 0.389. The zero-order valence-electron chi connectivity index (χ0n) is 10.9. The smallest absolute Gasteiger partial charge is 0.427 e. The molecule has 0 unspecified atom stereocenters. The van der Waals surface area contributed by atoms with Gasteiger partial charge >= 0.3 is 7.12 Å². The number of aliphatic hydroxyl groups is 2. The Kier molecular flexibility index (Phi) is 6.11. The lowest BCUT2D eigenvalue weighted by Gasteiger charge is -2.31. The third kappa shape index (κ3) is 8.87. The highest BCUT2D eigenvalue weighted by Crippen LogP contribution is 2.22. The quantitative estimate of drug-likeness (QED) is 0.492. The van der Waals surface area contributed by atoms with Gasteiger partial charge in [-0.15, -0.1) is 0 Å². The van der Waals surface area contributed by atoms with Gasteiger partial charge in [0.25, 0.3) is 0 Å². The van der Waals surface area contributed by atoms with Gasteiger partial charge in [-0.05, 0) is 33.0 Å². The van der Waals surface area contributed by atoms with Gasteiger partial charge in [-0.1, -0.05) is 20.8 Å². The highest BCUT2D eigenvalue weighted by atomic mass is 16.4. The van der Waals surface area contributed by atoms with Crippen LogP contribution in [0.15, 0.2) is 0 Å². The standard InChI is InChI=1S/C6H14O2.C4H11BO2/c1-5(2,7)6(3,4)8;1-4(2,3)5(6)7/h7-8H,1-4H3;6-7H,1-3H3. The molecule has 0 aliphatic heterocycles. The zero-order valence-corrected chi connectivity index (χ0v) is 10.9. The van der Waals surface area contributed by atoms with Crippen LogP contribution in [0.4, 0.5) is 0 Å². The van der Waals surface area contributed by atoms with Gasteiger partial charge in [0, 0.05) is 0 Å². The molecule has 0 bridgehead atoms. The topological polar surface area (TPSA) is 80.9 Å². The zero-order chi connectivity index (χ0) is 13.1. The first-order chi connectivity index (χ1) is 6.19. The summed E-state index contributed by atoms with van der Waals surface area (Å²) >= 11 is 0. The Morgan fingerprint density at radius 3 is 0.800 bits per heavy atom. The molecular weight excluding hydrogens is 195 g/mol. The molecule has 0 aliphatic rings. The molecule has 5 heteroatoms. The van der Waals surface area contributed by atoms with Crippen LogP contribution >= 0.6 is 0 Å². The van der Waals surface area contributed by atoms with E-state index in [1.54, 1.807) is 48.5 Å². The van der Waals surface area contributed by atoms with Crippen LogP contribution in [0.25, 0.3) is 0 Å². The molecule has 0 heterocycles. The molecule has 0 fully saturated rings. The van der Waals surface area contributed by atoms with Gasteiger partial charge in [-0.3, -0.25) is 0 Å². The third-order valence-corrected chi connectivity index (χ3v) is 2.27. The summed E-state index contributed by atoms with van der Waals surface area (Å²) in [5.74, 6) is 0. The van der Waals surface area contributed by atoms with Crippen molar-refractivity contribution in [3.8, 4) is 0 Å². The van der Waals surface area contributed by atoms with Gasteiger partial charge in [-0.2, -0.15) is 0 Å². The second-order valence-corrected chi connectivity index (χ2v) is 5.86. The predicted octanol–water partition coefficient (Wildman–Crippen LogP) is 0.787. The van der Waals surface area contributed by atoms with Crippen molar-refractivity contribution in [2.24, 2.45) is 0 Å². The molecule has 0 amide bonds. The van der Waals surface area contributed by atoms with Gasteiger partial charge < -0.3 is 20.3 Å². The fourth-order valence-corrected chi connectivity index (χ4v) is 0. The molecule has 0 atom stereocenters. The van der Waals surface area contributed by atoms with Crippen LogP contribution in [0.3, 0.4) is 0 Å². The van der Waals surface area contributed by atoms with Crippen LogP contribution in [0, 0.1) is 0 Å². The van der Waals surface area contributed by atoms with Crippen molar-refractivity contribution >= 4 is 7.12 Å². The molecule has 4 nitrogen and oxygen atoms in total. The van der Waals surface area contributed by atoms with Crippen LogP contribution in [0.1, 0.15) is 48.5 Å². The molecule has 0 saturated carbocycles. The molecule has 15 heavy (non-hydrogen) atoms. The summed E-state index contributed by atoms with van der Waals surface area (Å²) in [5, 5.41) is 34.7. The summed E-state index contributed by atoms with van der Waals surface area (Å²) in [6.45, 7) is 11.6. The highest BCUT2D eigenvalue weighted by molar-refractivity contribution is 6.45. The Balaban J connectivity index is 0. The van der Waals surface area contributed by atoms with Gasteiger partial charge in [-0.25, -0.2) is 0 Å². The Labute approximate surface area is 93.1 Å². The molecule has 4 N–H and O–H groups in total. The summed E-state index contributed by atoms with van der Waals surface area (Å²) in [7, 11) is -1.20. The number of hydrogen-bond acceptors (Lipinski definition) is 4. The van der Waals surface area contributed by atoms with E-state index in [9.17, 15) is 0 Å². The third-order valence-electron chi connectivity index (χ3n) is 2.27. The summed E-state index contributed by atoms with van der Waals surface area (Å²) in [6.07, 6.45) is 0. The second-order valence-electron chi connectivity index (χ2n) is 5.86. The largest absolute Gasteiger partial charge is 0.457 e. The van der Waals surface area contributed by atoms with Crippen LogP contribution in [-0.2, 0) is 0 Å². The van der Waals surface area contributed by atoms with Crippen molar-refractivity contribution in [1.29, 1.82) is 0 Å². The van der Waals surface area contributed by atoms with Crippen molar-refractivity contribution < 1.29 is 20.3 Å². The lowest BCUT2D eigenvalue weighted by molar-refractivity contribution is -0.107. The molecule has 0 aliphatic carbocycles. The van der Waals surface area contributed by atoms with E-state index >= 15 is 0 Å². The van der Waals surface area contributed by atoms with Gasteiger partial charge in [0.1, 0.15) is 0 Å². The van der Waals surface area contributed by atoms with E-state index < -0.39 is 18.3 Å². The number of hydrogen-bond donors (Lipinski definition) is 4.